The lowest BCUT2D eigenvalue weighted by atomic mass is 10.1. The van der Waals surface area contributed by atoms with E-state index in [-0.39, 0.29) is 0 Å². The fourth-order valence-electron chi connectivity index (χ4n) is 2.05. The van der Waals surface area contributed by atoms with E-state index in [1.54, 1.807) is 0 Å². The number of benzene rings is 1. The number of nitrogens with two attached hydrogens (primary N) is 1. The summed E-state index contributed by atoms with van der Waals surface area (Å²) in [4.78, 5) is 4.67. The first-order valence-electron chi connectivity index (χ1n) is 5.77. The summed E-state index contributed by atoms with van der Waals surface area (Å²) < 4.78 is 3.25. The van der Waals surface area contributed by atoms with Crippen molar-refractivity contribution in [2.45, 2.75) is 39.3 Å². The molecule has 0 spiro atoms. The summed E-state index contributed by atoms with van der Waals surface area (Å²) in [5.41, 5.74) is 7.89. The van der Waals surface area contributed by atoms with Crippen molar-refractivity contribution in [3.05, 3.63) is 28.5 Å². The van der Waals surface area contributed by atoms with Gasteiger partial charge in [-0.1, -0.05) is 15.9 Å². The molecule has 1 aromatic carbocycles. The van der Waals surface area contributed by atoms with Crippen LogP contribution in [0.3, 0.4) is 0 Å². The molecule has 0 aliphatic carbocycles. The van der Waals surface area contributed by atoms with Crippen LogP contribution in [0.5, 0.6) is 0 Å². The van der Waals surface area contributed by atoms with Crippen LogP contribution in [0.15, 0.2) is 22.7 Å². The smallest absolute Gasteiger partial charge is 0.129 e. The van der Waals surface area contributed by atoms with E-state index in [2.05, 4.69) is 45.4 Å². The zero-order chi connectivity index (χ0) is 12.8. The zero-order valence-electron chi connectivity index (χ0n) is 10.7. The van der Waals surface area contributed by atoms with Gasteiger partial charge in [0.15, 0.2) is 0 Å². The van der Waals surface area contributed by atoms with Crippen molar-refractivity contribution in [1.82, 2.24) is 9.55 Å². The Labute approximate surface area is 110 Å². The number of fused-ring (bicyclic) bond motifs is 1. The number of halogens is 1. The maximum atomic E-state index is 6.20. The average molecular weight is 296 g/mol. The van der Waals surface area contributed by atoms with Gasteiger partial charge in [0, 0.05) is 10.5 Å². The van der Waals surface area contributed by atoms with Gasteiger partial charge in [-0.25, -0.2) is 4.98 Å². The normalized spacial score (nSPS) is 12.6. The summed E-state index contributed by atoms with van der Waals surface area (Å²) in [6, 6.07) is 6.50. The number of hydrogen-bond donors (Lipinski definition) is 1. The van der Waals surface area contributed by atoms with Crippen LogP contribution in [0, 0.1) is 0 Å². The van der Waals surface area contributed by atoms with Gasteiger partial charge >= 0.3 is 0 Å². The Morgan fingerprint density at radius 3 is 2.53 bits per heavy atom. The Morgan fingerprint density at radius 2 is 2.00 bits per heavy atom. The van der Waals surface area contributed by atoms with Gasteiger partial charge in [-0.3, -0.25) is 0 Å². The predicted octanol–water partition coefficient (Wildman–Crippen LogP) is 3.57. The third-order valence-electron chi connectivity index (χ3n) is 2.74. The van der Waals surface area contributed by atoms with Crippen molar-refractivity contribution < 1.29 is 0 Å². The van der Waals surface area contributed by atoms with Gasteiger partial charge in [0.05, 0.1) is 16.6 Å². The summed E-state index contributed by atoms with van der Waals surface area (Å²) in [6.07, 6.45) is 0. The molecule has 0 aliphatic heterocycles. The summed E-state index contributed by atoms with van der Waals surface area (Å²) in [5, 5.41) is 0. The summed E-state index contributed by atoms with van der Waals surface area (Å²) in [5.74, 6) is 0.931. The molecule has 0 saturated carbocycles. The molecule has 2 N–H and O–H groups in total. The maximum Gasteiger partial charge on any atom is 0.129 e. The molecule has 0 unspecified atom stereocenters. The van der Waals surface area contributed by atoms with Gasteiger partial charge < -0.3 is 10.3 Å². The molecule has 1 aromatic heterocycles. The molecule has 4 heteroatoms. The Balaban J connectivity index is 2.80. The Morgan fingerprint density at radius 1 is 1.35 bits per heavy atom. The molecule has 92 valence electrons. The molecule has 3 nitrogen and oxygen atoms in total. The number of aromatic nitrogens is 2. The summed E-state index contributed by atoms with van der Waals surface area (Å²) in [6.45, 7) is 8.28. The molecule has 1 heterocycles. The predicted molar refractivity (Wildman–Crippen MR) is 75.0 cm³/mol. The highest BCUT2D eigenvalue weighted by Crippen LogP contribution is 2.28. The first kappa shape index (κ1) is 12.6. The number of imidazole rings is 1. The third-order valence-corrected chi connectivity index (χ3v) is 3.24. The van der Waals surface area contributed by atoms with Crippen LogP contribution in [-0.2, 0) is 5.54 Å². The minimum atomic E-state index is -0.435. The van der Waals surface area contributed by atoms with Crippen LogP contribution in [-0.4, -0.2) is 9.55 Å². The molecule has 2 aromatic rings. The number of nitrogens with zero attached hydrogens (tertiary/aromatic N) is 2. The van der Waals surface area contributed by atoms with Gasteiger partial charge in [0.1, 0.15) is 5.82 Å². The van der Waals surface area contributed by atoms with E-state index < -0.39 is 5.54 Å². The average Bonchev–Trinajstić information content (AvgIpc) is 2.55. The molecule has 2 rings (SSSR count). The zero-order valence-corrected chi connectivity index (χ0v) is 12.2. The lowest BCUT2D eigenvalue weighted by molar-refractivity contribution is 0.457. The number of hydrogen-bond acceptors (Lipinski definition) is 2. The van der Waals surface area contributed by atoms with E-state index >= 15 is 0 Å². The van der Waals surface area contributed by atoms with Crippen molar-refractivity contribution in [1.29, 1.82) is 0 Å². The van der Waals surface area contributed by atoms with Crippen molar-refractivity contribution in [3.63, 3.8) is 0 Å². The molecule has 0 atom stereocenters. The fraction of sp³-hybridized carbons (Fsp3) is 0.462. The van der Waals surface area contributed by atoms with E-state index in [1.165, 1.54) is 0 Å². The minimum absolute atomic E-state index is 0.346. The standard InChI is InChI=1S/C13H18BrN3/c1-8(2)17-11-6-5-9(14)7-10(11)16-12(17)13(3,4)15/h5-8H,15H2,1-4H3. The van der Waals surface area contributed by atoms with Crippen LogP contribution in [0.4, 0.5) is 0 Å². The topological polar surface area (TPSA) is 43.8 Å². The van der Waals surface area contributed by atoms with Crippen LogP contribution < -0.4 is 5.73 Å². The largest absolute Gasteiger partial charge is 0.324 e. The van der Waals surface area contributed by atoms with Crippen LogP contribution in [0.25, 0.3) is 11.0 Å². The Bertz CT molecular complexity index is 550. The Kier molecular flexibility index (Phi) is 3.04. The van der Waals surface area contributed by atoms with Gasteiger partial charge in [0.2, 0.25) is 0 Å². The summed E-state index contributed by atoms with van der Waals surface area (Å²) in [7, 11) is 0. The molecule has 0 fully saturated rings. The van der Waals surface area contributed by atoms with Crippen LogP contribution >= 0.6 is 15.9 Å². The van der Waals surface area contributed by atoms with Gasteiger partial charge in [-0.2, -0.15) is 0 Å². The molecule has 0 radical (unpaired) electrons. The SMILES string of the molecule is CC(C)n1c(C(C)(C)N)nc2cc(Br)ccc21. The van der Waals surface area contributed by atoms with E-state index in [4.69, 9.17) is 5.73 Å². The van der Waals surface area contributed by atoms with Crippen LogP contribution in [0.2, 0.25) is 0 Å². The monoisotopic (exact) mass is 295 g/mol. The van der Waals surface area contributed by atoms with E-state index in [9.17, 15) is 0 Å². The molecular formula is C13H18BrN3. The van der Waals surface area contributed by atoms with E-state index in [1.807, 2.05) is 26.0 Å². The first-order valence-corrected chi connectivity index (χ1v) is 6.57. The van der Waals surface area contributed by atoms with Crippen molar-refractivity contribution in [3.8, 4) is 0 Å². The van der Waals surface area contributed by atoms with Crippen molar-refractivity contribution >= 4 is 27.0 Å². The third kappa shape index (κ3) is 2.24. The molecule has 0 amide bonds. The fourth-order valence-corrected chi connectivity index (χ4v) is 2.40. The molecular weight excluding hydrogens is 278 g/mol. The van der Waals surface area contributed by atoms with Crippen molar-refractivity contribution in [2.75, 3.05) is 0 Å². The summed E-state index contributed by atoms with van der Waals surface area (Å²) >= 11 is 3.47. The highest BCUT2D eigenvalue weighted by molar-refractivity contribution is 9.10. The molecule has 0 saturated heterocycles. The highest BCUT2D eigenvalue weighted by atomic mass is 79.9. The molecule has 17 heavy (non-hydrogen) atoms. The van der Waals surface area contributed by atoms with Gasteiger partial charge in [-0.15, -0.1) is 0 Å². The van der Waals surface area contributed by atoms with Gasteiger partial charge in [0.25, 0.3) is 0 Å². The van der Waals surface area contributed by atoms with Crippen molar-refractivity contribution in [2.24, 2.45) is 5.73 Å². The second kappa shape index (κ2) is 4.10. The first-order chi connectivity index (χ1) is 7.80. The van der Waals surface area contributed by atoms with E-state index in [0.29, 0.717) is 6.04 Å². The lowest BCUT2D eigenvalue weighted by Crippen LogP contribution is -2.33. The van der Waals surface area contributed by atoms with Gasteiger partial charge in [-0.05, 0) is 45.9 Å². The minimum Gasteiger partial charge on any atom is -0.324 e. The highest BCUT2D eigenvalue weighted by Gasteiger charge is 2.24. The van der Waals surface area contributed by atoms with Crippen LogP contribution in [0.1, 0.15) is 39.6 Å². The Hall–Kier alpha value is -0.870. The maximum absolute atomic E-state index is 6.20. The number of rotatable bonds is 2. The van der Waals surface area contributed by atoms with E-state index in [0.717, 1.165) is 21.3 Å². The second-order valence-corrected chi connectivity index (χ2v) is 6.17. The quantitative estimate of drug-likeness (QED) is 0.920. The molecule has 0 bridgehead atoms. The second-order valence-electron chi connectivity index (χ2n) is 5.25. The molecule has 0 aliphatic rings. The lowest BCUT2D eigenvalue weighted by Gasteiger charge is -2.22.